The van der Waals surface area contributed by atoms with Crippen molar-refractivity contribution in [3.8, 4) is 0 Å². The minimum atomic E-state index is -0.266. The van der Waals surface area contributed by atoms with Crippen LogP contribution in [0.5, 0.6) is 0 Å². The summed E-state index contributed by atoms with van der Waals surface area (Å²) in [4.78, 5) is 26.3. The summed E-state index contributed by atoms with van der Waals surface area (Å²) in [6.07, 6.45) is 5.34. The molecule has 0 fully saturated rings. The smallest absolute Gasteiger partial charge is 0.267 e. The molecule has 0 saturated heterocycles. The third-order valence-corrected chi connectivity index (χ3v) is 5.14. The van der Waals surface area contributed by atoms with Gasteiger partial charge in [0.2, 0.25) is 0 Å². The van der Waals surface area contributed by atoms with E-state index >= 15 is 0 Å². The molecule has 3 radical (unpaired) electrons. The van der Waals surface area contributed by atoms with Gasteiger partial charge in [-0.3, -0.25) is 15.0 Å². The first-order chi connectivity index (χ1) is 13.8. The van der Waals surface area contributed by atoms with Crippen molar-refractivity contribution in [2.45, 2.75) is 65.8 Å². The van der Waals surface area contributed by atoms with Crippen molar-refractivity contribution >= 4 is 20.2 Å². The van der Waals surface area contributed by atoms with Gasteiger partial charge in [-0.05, 0) is 36.1 Å². The molecule has 2 amide bonds. The van der Waals surface area contributed by atoms with Gasteiger partial charge in [0.1, 0.15) is 0 Å². The molecule has 0 heterocycles. The first kappa shape index (κ1) is 25.5. The number of carbonyl (C=O) groups excluding carboxylic acids is 2. The number of hydrogen-bond donors (Lipinski definition) is 1. The number of benzene rings is 2. The van der Waals surface area contributed by atoms with Crippen molar-refractivity contribution in [2.75, 3.05) is 0 Å². The number of hydrazine groups is 1. The van der Waals surface area contributed by atoms with Crippen LogP contribution in [0.15, 0.2) is 60.7 Å². The zero-order chi connectivity index (χ0) is 21.3. The molecule has 5 heteroatoms. The predicted octanol–water partition coefficient (Wildman–Crippen LogP) is 5.48. The highest BCUT2D eigenvalue weighted by atomic mass is 16.2. The van der Waals surface area contributed by atoms with Gasteiger partial charge in [-0.2, -0.15) is 0 Å². The number of nitrogens with one attached hydrogen (secondary N) is 1. The summed E-state index contributed by atoms with van der Waals surface area (Å²) in [5, 5.41) is 1.57. The molecule has 0 aliphatic rings. The number of carbonyl (C=O) groups is 2. The average molecular weight is 405 g/mol. The molecule has 0 unspecified atom stereocenters. The zero-order valence-corrected chi connectivity index (χ0v) is 18.7. The molecule has 0 aliphatic carbocycles. The fourth-order valence-electron chi connectivity index (χ4n) is 3.47. The molecule has 2 rings (SSSR count). The summed E-state index contributed by atoms with van der Waals surface area (Å²) < 4.78 is 0. The molecule has 1 atom stereocenters. The van der Waals surface area contributed by atoms with Crippen LogP contribution in [0.25, 0.3) is 0 Å². The predicted molar refractivity (Wildman–Crippen MR) is 124 cm³/mol. The molecule has 0 bridgehead atoms. The van der Waals surface area contributed by atoms with Gasteiger partial charge in [0.15, 0.2) is 0 Å². The fourth-order valence-corrected chi connectivity index (χ4v) is 3.47. The van der Waals surface area contributed by atoms with Gasteiger partial charge in [0.05, 0.1) is 6.04 Å². The molecule has 2 aromatic rings. The van der Waals surface area contributed by atoms with Crippen LogP contribution < -0.4 is 5.43 Å². The van der Waals surface area contributed by atoms with Crippen LogP contribution in [0.3, 0.4) is 0 Å². The maximum atomic E-state index is 13.4. The highest BCUT2D eigenvalue weighted by Gasteiger charge is 2.35. The Hall–Kier alpha value is -2.56. The quantitative estimate of drug-likeness (QED) is 0.359. The maximum Gasteiger partial charge on any atom is 0.272 e. The van der Waals surface area contributed by atoms with E-state index in [9.17, 15) is 9.59 Å². The molecule has 0 spiro atoms. The van der Waals surface area contributed by atoms with E-state index in [1.54, 1.807) is 29.3 Å². The number of amides is 2. The van der Waals surface area contributed by atoms with Crippen LogP contribution in [-0.2, 0) is 0 Å². The molecular formula is C25H34BN2O2. The van der Waals surface area contributed by atoms with Gasteiger partial charge in [-0.15, -0.1) is 0 Å². The minimum absolute atomic E-state index is 0. The summed E-state index contributed by atoms with van der Waals surface area (Å²) in [6.45, 7) is 8.55. The molecule has 0 aliphatic heterocycles. The number of nitrogens with zero attached hydrogens (tertiary/aromatic N) is 1. The lowest BCUT2D eigenvalue weighted by atomic mass is 9.82. The molecule has 30 heavy (non-hydrogen) atoms. The van der Waals surface area contributed by atoms with E-state index in [0.717, 1.165) is 25.7 Å². The summed E-state index contributed by atoms with van der Waals surface area (Å²) in [5.41, 5.74) is 3.86. The minimum Gasteiger partial charge on any atom is -0.267 e. The number of hydrogen-bond acceptors (Lipinski definition) is 2. The third-order valence-electron chi connectivity index (χ3n) is 5.14. The van der Waals surface area contributed by atoms with Crippen molar-refractivity contribution in [1.29, 1.82) is 0 Å². The SMILES string of the molecule is CCCCCC[C@H](N(NC(=O)c1ccccc1)C(=O)c1ccccc1)C(C)(C)C.[B]. The van der Waals surface area contributed by atoms with Gasteiger partial charge in [0, 0.05) is 19.5 Å². The lowest BCUT2D eigenvalue weighted by molar-refractivity contribution is 0.0266. The van der Waals surface area contributed by atoms with Crippen LogP contribution in [0.4, 0.5) is 0 Å². The van der Waals surface area contributed by atoms with Gasteiger partial charge >= 0.3 is 0 Å². The van der Waals surface area contributed by atoms with Crippen LogP contribution >= 0.6 is 0 Å². The van der Waals surface area contributed by atoms with E-state index in [-0.39, 0.29) is 31.7 Å². The Kier molecular flexibility index (Phi) is 10.4. The van der Waals surface area contributed by atoms with Crippen LogP contribution in [0, 0.1) is 5.41 Å². The van der Waals surface area contributed by atoms with Crippen LogP contribution in [0.1, 0.15) is 80.5 Å². The Labute approximate surface area is 183 Å². The standard InChI is InChI=1S/C25H34N2O2.B/c1-5-6-7-14-19-22(25(2,3)4)27(24(29)21-17-12-9-13-18-21)26-23(28)20-15-10-8-11-16-20;/h8-13,15-18,22H,5-7,14,19H2,1-4H3,(H,26,28);/t22-;/m0./s1. The zero-order valence-electron chi connectivity index (χ0n) is 18.7. The summed E-state index contributed by atoms with van der Waals surface area (Å²) in [7, 11) is 0. The first-order valence-corrected chi connectivity index (χ1v) is 10.6. The highest BCUT2D eigenvalue weighted by molar-refractivity contribution is 5.99. The van der Waals surface area contributed by atoms with E-state index in [1.807, 2.05) is 36.4 Å². The Balaban J connectivity index is 0.00000450. The monoisotopic (exact) mass is 405 g/mol. The molecule has 0 aromatic heterocycles. The average Bonchev–Trinajstić information content (AvgIpc) is 2.72. The van der Waals surface area contributed by atoms with Gasteiger partial charge < -0.3 is 0 Å². The van der Waals surface area contributed by atoms with E-state index in [0.29, 0.717) is 11.1 Å². The van der Waals surface area contributed by atoms with Crippen molar-refractivity contribution < 1.29 is 9.59 Å². The lowest BCUT2D eigenvalue weighted by Gasteiger charge is -2.40. The largest absolute Gasteiger partial charge is 0.272 e. The molecule has 0 saturated carbocycles. The van der Waals surface area contributed by atoms with E-state index < -0.39 is 0 Å². The Bertz CT molecular complexity index is 773. The summed E-state index contributed by atoms with van der Waals surface area (Å²) in [5.74, 6) is -0.442. The van der Waals surface area contributed by atoms with Crippen molar-refractivity contribution in [3.63, 3.8) is 0 Å². The first-order valence-electron chi connectivity index (χ1n) is 10.6. The van der Waals surface area contributed by atoms with Crippen molar-refractivity contribution in [1.82, 2.24) is 10.4 Å². The van der Waals surface area contributed by atoms with Crippen molar-refractivity contribution in [3.05, 3.63) is 71.8 Å². The Morgan fingerprint density at radius 1 is 0.867 bits per heavy atom. The van der Waals surface area contributed by atoms with E-state index in [1.165, 1.54) is 6.42 Å². The number of unbranched alkanes of at least 4 members (excludes halogenated alkanes) is 3. The van der Waals surface area contributed by atoms with E-state index in [2.05, 4.69) is 33.1 Å². The third kappa shape index (κ3) is 7.36. The maximum absolute atomic E-state index is 13.4. The molecule has 1 N–H and O–H groups in total. The van der Waals surface area contributed by atoms with Gasteiger partial charge in [-0.1, -0.05) is 89.8 Å². The number of rotatable bonds is 8. The summed E-state index contributed by atoms with van der Waals surface area (Å²) >= 11 is 0. The molecule has 2 aromatic carbocycles. The lowest BCUT2D eigenvalue weighted by Crippen LogP contribution is -2.56. The Morgan fingerprint density at radius 3 is 1.90 bits per heavy atom. The normalized spacial score (nSPS) is 11.9. The summed E-state index contributed by atoms with van der Waals surface area (Å²) in [6, 6.07) is 18.1. The molecule has 159 valence electrons. The second-order valence-corrected chi connectivity index (χ2v) is 8.58. The second-order valence-electron chi connectivity index (χ2n) is 8.58. The second kappa shape index (κ2) is 12.2. The Morgan fingerprint density at radius 2 is 1.40 bits per heavy atom. The van der Waals surface area contributed by atoms with Crippen molar-refractivity contribution in [2.24, 2.45) is 5.41 Å². The van der Waals surface area contributed by atoms with Crippen LogP contribution in [-0.4, -0.2) is 31.3 Å². The highest BCUT2D eigenvalue weighted by Crippen LogP contribution is 2.29. The van der Waals surface area contributed by atoms with Gasteiger partial charge in [-0.25, -0.2) is 5.01 Å². The van der Waals surface area contributed by atoms with Crippen LogP contribution in [0.2, 0.25) is 0 Å². The van der Waals surface area contributed by atoms with Gasteiger partial charge in [0.25, 0.3) is 11.8 Å². The van der Waals surface area contributed by atoms with E-state index in [4.69, 9.17) is 0 Å². The topological polar surface area (TPSA) is 49.4 Å². The fraction of sp³-hybridized carbons (Fsp3) is 0.440. The molecule has 4 nitrogen and oxygen atoms in total. The molecular weight excluding hydrogens is 371 g/mol.